The molecule has 0 bridgehead atoms. The fourth-order valence-electron chi connectivity index (χ4n) is 1.46. The molecule has 0 radical (unpaired) electrons. The molecule has 0 fully saturated rings. The summed E-state index contributed by atoms with van der Waals surface area (Å²) in [4.78, 5) is 11.0. The number of anilines is 1. The van der Waals surface area contributed by atoms with Crippen molar-refractivity contribution in [2.24, 2.45) is 0 Å². The number of hydrogen-bond donors (Lipinski definition) is 3. The molecule has 18 heavy (non-hydrogen) atoms. The molecule has 0 atom stereocenters. The maximum atomic E-state index is 11.4. The first-order valence-electron chi connectivity index (χ1n) is 5.39. The molecule has 0 saturated carbocycles. The largest absolute Gasteiger partial charge is 0.298 e. The molecule has 6 nitrogen and oxygen atoms in total. The summed E-state index contributed by atoms with van der Waals surface area (Å²) in [6.07, 6.45) is 0. The van der Waals surface area contributed by atoms with E-state index in [-0.39, 0.29) is 11.3 Å². The maximum Gasteiger partial charge on any atom is 0.264 e. The third-order valence-corrected chi connectivity index (χ3v) is 3.75. The number of sulfonamides is 1. The fraction of sp³-hybridized carbons (Fsp3) is 0.182. The van der Waals surface area contributed by atoms with Crippen LogP contribution in [0.3, 0.4) is 0 Å². The summed E-state index contributed by atoms with van der Waals surface area (Å²) >= 11 is 0. The molecule has 2 aromatic rings. The fourth-order valence-corrected chi connectivity index (χ4v) is 2.10. The minimum absolute atomic E-state index is 0.0277. The normalized spacial score (nSPS) is 11.4. The number of rotatable bonds is 4. The van der Waals surface area contributed by atoms with Crippen molar-refractivity contribution in [3.05, 3.63) is 40.7 Å². The summed E-state index contributed by atoms with van der Waals surface area (Å²) in [5, 5.41) is 5.16. The minimum atomic E-state index is -3.26. The molecule has 2 rings (SSSR count). The predicted molar refractivity (Wildman–Crippen MR) is 69.9 cm³/mol. The number of benzene rings is 1. The maximum absolute atomic E-state index is 11.4. The summed E-state index contributed by atoms with van der Waals surface area (Å²) in [7, 11) is -3.26. The average Bonchev–Trinajstić information content (AvgIpc) is 2.76. The Morgan fingerprint density at radius 3 is 2.33 bits per heavy atom. The summed E-state index contributed by atoms with van der Waals surface area (Å²) in [6, 6.07) is 8.19. The molecular weight excluding hydrogens is 254 g/mol. The smallest absolute Gasteiger partial charge is 0.264 e. The Bertz CT molecular complexity index is 683. The number of aromatic amines is 2. The van der Waals surface area contributed by atoms with Crippen molar-refractivity contribution in [3.63, 3.8) is 0 Å². The number of hydrogen-bond acceptors (Lipinski definition) is 3. The second-order valence-electron chi connectivity index (χ2n) is 3.76. The molecule has 0 unspecified atom stereocenters. The third-order valence-electron chi connectivity index (χ3n) is 2.45. The van der Waals surface area contributed by atoms with E-state index in [0.717, 1.165) is 5.56 Å². The molecule has 0 saturated heterocycles. The molecule has 3 N–H and O–H groups in total. The average molecular weight is 267 g/mol. The second-order valence-corrected chi connectivity index (χ2v) is 5.77. The van der Waals surface area contributed by atoms with Gasteiger partial charge in [-0.25, -0.2) is 8.42 Å². The number of H-pyrrole nitrogens is 2. The van der Waals surface area contributed by atoms with Gasteiger partial charge in [0.25, 0.3) is 5.56 Å². The zero-order valence-electron chi connectivity index (χ0n) is 9.73. The van der Waals surface area contributed by atoms with Crippen LogP contribution >= 0.6 is 0 Å². The first-order chi connectivity index (χ1) is 8.50. The summed E-state index contributed by atoms with van der Waals surface area (Å²) in [5.74, 6) is 0.0277. The lowest BCUT2D eigenvalue weighted by atomic mass is 10.1. The van der Waals surface area contributed by atoms with Crippen LogP contribution in [0.4, 0.5) is 5.69 Å². The molecule has 0 aliphatic heterocycles. The predicted octanol–water partition coefficient (Wildman–Crippen LogP) is 1.13. The van der Waals surface area contributed by atoms with E-state index < -0.39 is 10.0 Å². The van der Waals surface area contributed by atoms with Gasteiger partial charge in [-0.1, -0.05) is 12.1 Å². The molecule has 1 aromatic carbocycles. The van der Waals surface area contributed by atoms with E-state index >= 15 is 0 Å². The topological polar surface area (TPSA) is 94.8 Å². The van der Waals surface area contributed by atoms with Gasteiger partial charge in [-0.3, -0.25) is 19.7 Å². The van der Waals surface area contributed by atoms with E-state index in [4.69, 9.17) is 0 Å². The molecule has 96 valence electrons. The molecule has 0 aliphatic rings. The molecule has 1 aromatic heterocycles. The lowest BCUT2D eigenvalue weighted by Crippen LogP contribution is -2.14. The van der Waals surface area contributed by atoms with Gasteiger partial charge in [0.2, 0.25) is 10.0 Å². The minimum Gasteiger partial charge on any atom is -0.298 e. The Labute approximate surface area is 104 Å². The Balaban J connectivity index is 2.23. The van der Waals surface area contributed by atoms with Gasteiger partial charge in [0.05, 0.1) is 11.4 Å². The van der Waals surface area contributed by atoms with Crippen molar-refractivity contribution in [1.82, 2.24) is 10.2 Å². The summed E-state index contributed by atoms with van der Waals surface area (Å²) < 4.78 is 25.2. The van der Waals surface area contributed by atoms with E-state index in [1.165, 1.54) is 6.07 Å². The SMILES string of the molecule is CCS(=O)(=O)Nc1ccc(-c2cc(=O)[nH][nH]2)cc1. The Kier molecular flexibility index (Phi) is 3.24. The monoisotopic (exact) mass is 267 g/mol. The second kappa shape index (κ2) is 4.69. The third kappa shape index (κ3) is 2.80. The van der Waals surface area contributed by atoms with Gasteiger partial charge in [0.1, 0.15) is 0 Å². The van der Waals surface area contributed by atoms with Gasteiger partial charge in [-0.15, -0.1) is 0 Å². The van der Waals surface area contributed by atoms with E-state index in [9.17, 15) is 13.2 Å². The van der Waals surface area contributed by atoms with Crippen molar-refractivity contribution < 1.29 is 8.42 Å². The zero-order chi connectivity index (χ0) is 13.2. The lowest BCUT2D eigenvalue weighted by Gasteiger charge is -2.06. The highest BCUT2D eigenvalue weighted by atomic mass is 32.2. The first-order valence-corrected chi connectivity index (χ1v) is 7.04. The highest BCUT2D eigenvalue weighted by Crippen LogP contribution is 2.18. The molecule has 1 heterocycles. The first kappa shape index (κ1) is 12.4. The van der Waals surface area contributed by atoms with Crippen LogP contribution in [0.2, 0.25) is 0 Å². The van der Waals surface area contributed by atoms with E-state index in [0.29, 0.717) is 11.4 Å². The van der Waals surface area contributed by atoms with Crippen molar-refractivity contribution in [2.75, 3.05) is 10.5 Å². The van der Waals surface area contributed by atoms with Crippen LogP contribution in [0.1, 0.15) is 6.92 Å². The van der Waals surface area contributed by atoms with Crippen LogP contribution in [-0.4, -0.2) is 24.4 Å². The van der Waals surface area contributed by atoms with Crippen LogP contribution in [0, 0.1) is 0 Å². The Morgan fingerprint density at radius 2 is 1.83 bits per heavy atom. The van der Waals surface area contributed by atoms with Crippen LogP contribution in [-0.2, 0) is 10.0 Å². The van der Waals surface area contributed by atoms with E-state index in [2.05, 4.69) is 14.9 Å². The van der Waals surface area contributed by atoms with Crippen LogP contribution in [0.15, 0.2) is 35.1 Å². The van der Waals surface area contributed by atoms with Crippen molar-refractivity contribution in [3.8, 4) is 11.3 Å². The van der Waals surface area contributed by atoms with Gasteiger partial charge in [-0.05, 0) is 24.6 Å². The molecule has 0 spiro atoms. The summed E-state index contributed by atoms with van der Waals surface area (Å²) in [5.41, 5.74) is 1.75. The zero-order valence-corrected chi connectivity index (χ0v) is 10.5. The van der Waals surface area contributed by atoms with Gasteiger partial charge < -0.3 is 0 Å². The van der Waals surface area contributed by atoms with Gasteiger partial charge in [-0.2, -0.15) is 0 Å². The number of aromatic nitrogens is 2. The Morgan fingerprint density at radius 1 is 1.17 bits per heavy atom. The van der Waals surface area contributed by atoms with Crippen molar-refractivity contribution in [2.45, 2.75) is 6.92 Å². The molecule has 0 aliphatic carbocycles. The lowest BCUT2D eigenvalue weighted by molar-refractivity contribution is 0.602. The van der Waals surface area contributed by atoms with Crippen LogP contribution in [0.25, 0.3) is 11.3 Å². The quantitative estimate of drug-likeness (QED) is 0.775. The van der Waals surface area contributed by atoms with E-state index in [1.807, 2.05) is 0 Å². The molecule has 7 heteroatoms. The van der Waals surface area contributed by atoms with Crippen LogP contribution in [0.5, 0.6) is 0 Å². The van der Waals surface area contributed by atoms with Gasteiger partial charge in [0, 0.05) is 11.8 Å². The summed E-state index contributed by atoms with van der Waals surface area (Å²) in [6.45, 7) is 1.57. The van der Waals surface area contributed by atoms with Crippen molar-refractivity contribution in [1.29, 1.82) is 0 Å². The molecular formula is C11H13N3O3S. The van der Waals surface area contributed by atoms with Crippen LogP contribution < -0.4 is 10.3 Å². The number of nitrogens with one attached hydrogen (secondary N) is 3. The molecule has 0 amide bonds. The highest BCUT2D eigenvalue weighted by molar-refractivity contribution is 7.92. The van der Waals surface area contributed by atoms with Crippen molar-refractivity contribution >= 4 is 15.7 Å². The van der Waals surface area contributed by atoms with Gasteiger partial charge >= 0.3 is 0 Å². The highest BCUT2D eigenvalue weighted by Gasteiger charge is 2.07. The Hall–Kier alpha value is -2.02. The standard InChI is InChI=1S/C11H13N3O3S/c1-2-18(16,17)14-9-5-3-8(4-6-9)10-7-11(15)13-12-10/h3-7,14H,2H2,1H3,(H2,12,13,15). The van der Waals surface area contributed by atoms with Gasteiger partial charge in [0.15, 0.2) is 0 Å². The van der Waals surface area contributed by atoms with E-state index in [1.54, 1.807) is 31.2 Å².